The van der Waals surface area contributed by atoms with Crippen LogP contribution in [0.5, 0.6) is 5.75 Å². The van der Waals surface area contributed by atoms with Crippen LogP contribution in [0.2, 0.25) is 0 Å². The lowest BCUT2D eigenvalue weighted by Crippen LogP contribution is -2.58. The standard InChI is InChI=1S/C27H34N4O3/c1-4-6-7-8-9-10-16-32-21-14-12-20(13-15-21)23-26(17-28,18-29)27(19-30)22(11-5-2)25(3,33-23)34-24(27)31/h12-15,22-23,31H,4-11,16H2,1-3H3. The molecule has 2 saturated heterocycles. The highest BCUT2D eigenvalue weighted by atomic mass is 16.7. The molecule has 0 aliphatic carbocycles. The third kappa shape index (κ3) is 4.02. The molecule has 0 saturated carbocycles. The van der Waals surface area contributed by atoms with Crippen molar-refractivity contribution >= 4 is 5.90 Å². The smallest absolute Gasteiger partial charge is 0.214 e. The van der Waals surface area contributed by atoms with Crippen LogP contribution < -0.4 is 4.74 Å². The Morgan fingerprint density at radius 1 is 0.941 bits per heavy atom. The molecule has 4 atom stereocenters. The molecule has 4 unspecified atom stereocenters. The Labute approximate surface area is 202 Å². The Morgan fingerprint density at radius 3 is 2.18 bits per heavy atom. The van der Waals surface area contributed by atoms with Crippen LogP contribution in [-0.2, 0) is 9.47 Å². The van der Waals surface area contributed by atoms with Crippen molar-refractivity contribution in [3.05, 3.63) is 29.8 Å². The number of unbranched alkanes of at least 4 members (excludes halogenated alkanes) is 5. The Hall–Kier alpha value is -3.08. The minimum absolute atomic E-state index is 0.361. The predicted molar refractivity (Wildman–Crippen MR) is 126 cm³/mol. The van der Waals surface area contributed by atoms with Gasteiger partial charge in [-0.1, -0.05) is 64.5 Å². The Morgan fingerprint density at radius 2 is 1.59 bits per heavy atom. The van der Waals surface area contributed by atoms with E-state index in [4.69, 9.17) is 19.6 Å². The van der Waals surface area contributed by atoms with Gasteiger partial charge in [-0.3, -0.25) is 5.41 Å². The lowest BCUT2D eigenvalue weighted by molar-refractivity contribution is -0.273. The lowest BCUT2D eigenvalue weighted by Gasteiger charge is -2.48. The van der Waals surface area contributed by atoms with E-state index in [1.165, 1.54) is 25.7 Å². The lowest BCUT2D eigenvalue weighted by atomic mass is 9.53. The van der Waals surface area contributed by atoms with Crippen LogP contribution in [0.25, 0.3) is 0 Å². The number of hydrogen-bond acceptors (Lipinski definition) is 7. The van der Waals surface area contributed by atoms with Gasteiger partial charge in [-0.25, -0.2) is 0 Å². The van der Waals surface area contributed by atoms with Crippen molar-refractivity contribution in [1.82, 2.24) is 0 Å². The molecule has 180 valence electrons. The highest BCUT2D eigenvalue weighted by Gasteiger charge is 2.78. The zero-order chi connectivity index (χ0) is 24.8. The van der Waals surface area contributed by atoms with Crippen molar-refractivity contribution in [2.75, 3.05) is 6.61 Å². The van der Waals surface area contributed by atoms with Gasteiger partial charge >= 0.3 is 0 Å². The second-order valence-electron chi connectivity index (χ2n) is 9.42. The second kappa shape index (κ2) is 10.5. The van der Waals surface area contributed by atoms with Crippen LogP contribution in [0.4, 0.5) is 0 Å². The molecular weight excluding hydrogens is 428 g/mol. The van der Waals surface area contributed by atoms with Gasteiger partial charge in [-0.15, -0.1) is 0 Å². The maximum atomic E-state index is 10.3. The molecule has 2 bridgehead atoms. The fourth-order valence-corrected chi connectivity index (χ4v) is 5.43. The summed E-state index contributed by atoms with van der Waals surface area (Å²) >= 11 is 0. The average Bonchev–Trinajstić information content (AvgIpc) is 3.01. The second-order valence-corrected chi connectivity index (χ2v) is 9.42. The molecule has 1 N–H and O–H groups in total. The predicted octanol–water partition coefficient (Wildman–Crippen LogP) is 6.18. The summed E-state index contributed by atoms with van der Waals surface area (Å²) in [7, 11) is 0. The van der Waals surface area contributed by atoms with Crippen molar-refractivity contribution < 1.29 is 14.2 Å². The van der Waals surface area contributed by atoms with Gasteiger partial charge in [-0.2, -0.15) is 15.8 Å². The minimum Gasteiger partial charge on any atom is -0.494 e. The molecule has 3 rings (SSSR count). The van der Waals surface area contributed by atoms with Crippen LogP contribution in [0.15, 0.2) is 24.3 Å². The monoisotopic (exact) mass is 462 g/mol. The van der Waals surface area contributed by atoms with Gasteiger partial charge in [0.25, 0.3) is 0 Å². The molecule has 0 spiro atoms. The summed E-state index contributed by atoms with van der Waals surface area (Å²) in [6.07, 6.45) is 7.26. The van der Waals surface area contributed by atoms with Crippen molar-refractivity contribution in [1.29, 1.82) is 21.2 Å². The minimum atomic E-state index is -1.92. The molecule has 0 aromatic heterocycles. The number of hydrogen-bond donors (Lipinski definition) is 1. The third-order valence-electron chi connectivity index (χ3n) is 7.24. The summed E-state index contributed by atoms with van der Waals surface area (Å²) in [4.78, 5) is 0. The maximum Gasteiger partial charge on any atom is 0.214 e. The summed E-state index contributed by atoms with van der Waals surface area (Å²) < 4.78 is 17.9. The summed E-state index contributed by atoms with van der Waals surface area (Å²) in [5.41, 5.74) is -3.05. The number of fused-ring (bicyclic) bond motifs is 2. The van der Waals surface area contributed by atoms with Crippen molar-refractivity contribution in [2.45, 2.75) is 84.0 Å². The van der Waals surface area contributed by atoms with Crippen LogP contribution in [0.3, 0.4) is 0 Å². The van der Waals surface area contributed by atoms with Crippen LogP contribution in [0.1, 0.15) is 83.8 Å². The molecule has 0 amide bonds. The van der Waals surface area contributed by atoms with Gasteiger partial charge in [0.15, 0.2) is 5.41 Å². The Balaban J connectivity index is 1.83. The molecule has 0 radical (unpaired) electrons. The zero-order valence-corrected chi connectivity index (χ0v) is 20.4. The van der Waals surface area contributed by atoms with Crippen LogP contribution in [-0.4, -0.2) is 18.3 Å². The molecular formula is C27H34N4O3. The first-order valence-corrected chi connectivity index (χ1v) is 12.3. The largest absolute Gasteiger partial charge is 0.494 e. The van der Waals surface area contributed by atoms with E-state index < -0.39 is 28.6 Å². The van der Waals surface area contributed by atoms with Crippen LogP contribution in [0, 0.1) is 56.2 Å². The third-order valence-corrected chi connectivity index (χ3v) is 7.24. The van der Waals surface area contributed by atoms with Crippen molar-refractivity contribution in [3.8, 4) is 24.0 Å². The molecule has 2 fully saturated rings. The van der Waals surface area contributed by atoms with Crippen LogP contribution >= 0.6 is 0 Å². The quantitative estimate of drug-likeness (QED) is 0.392. The molecule has 1 aromatic carbocycles. The normalized spacial score (nSPS) is 28.9. The topological polar surface area (TPSA) is 123 Å². The fourth-order valence-electron chi connectivity index (χ4n) is 5.43. The van der Waals surface area contributed by atoms with Gasteiger partial charge < -0.3 is 14.2 Å². The molecule has 7 nitrogen and oxygen atoms in total. The van der Waals surface area contributed by atoms with Gasteiger partial charge in [-0.05, 0) is 30.5 Å². The highest BCUT2D eigenvalue weighted by Crippen LogP contribution is 2.67. The Kier molecular flexibility index (Phi) is 7.86. The number of nitrogens with zero attached hydrogens (tertiary/aromatic N) is 3. The van der Waals surface area contributed by atoms with E-state index in [-0.39, 0.29) is 5.90 Å². The molecule has 2 aliphatic heterocycles. The number of ether oxygens (including phenoxy) is 3. The van der Waals surface area contributed by atoms with E-state index in [9.17, 15) is 15.8 Å². The summed E-state index contributed by atoms with van der Waals surface area (Å²) in [6.45, 7) is 6.48. The summed E-state index contributed by atoms with van der Waals surface area (Å²) in [5.74, 6) is -1.53. The van der Waals surface area contributed by atoms with E-state index >= 15 is 0 Å². The van der Waals surface area contributed by atoms with Crippen molar-refractivity contribution in [3.63, 3.8) is 0 Å². The average molecular weight is 463 g/mol. The van der Waals surface area contributed by atoms with Gasteiger partial charge in [0.2, 0.25) is 17.1 Å². The molecule has 7 heteroatoms. The van der Waals surface area contributed by atoms with E-state index in [0.29, 0.717) is 30.8 Å². The first-order valence-electron chi connectivity index (χ1n) is 12.3. The Bertz CT molecular complexity index is 989. The highest BCUT2D eigenvalue weighted by molar-refractivity contribution is 5.89. The van der Waals surface area contributed by atoms with Crippen molar-refractivity contribution in [2.24, 2.45) is 16.7 Å². The number of nitriles is 3. The fraction of sp³-hybridized carbons (Fsp3) is 0.630. The molecule has 2 aliphatic rings. The zero-order valence-electron chi connectivity index (χ0n) is 20.4. The maximum absolute atomic E-state index is 10.3. The van der Waals surface area contributed by atoms with Gasteiger partial charge in [0.1, 0.15) is 11.9 Å². The SMILES string of the molecule is CCCCCCCCOc1ccc(C2OC3(C)OC(=N)C(C#N)(C3CCC)C2(C#N)C#N)cc1. The van der Waals surface area contributed by atoms with E-state index in [1.54, 1.807) is 31.2 Å². The van der Waals surface area contributed by atoms with E-state index in [2.05, 4.69) is 25.1 Å². The van der Waals surface area contributed by atoms with Gasteiger partial charge in [0.05, 0.1) is 30.7 Å². The molecule has 34 heavy (non-hydrogen) atoms. The summed E-state index contributed by atoms with van der Waals surface area (Å²) in [5, 5.41) is 39.3. The van der Waals surface area contributed by atoms with Gasteiger partial charge in [0, 0.05) is 6.92 Å². The number of benzene rings is 1. The number of rotatable bonds is 11. The van der Waals surface area contributed by atoms with E-state index in [0.717, 1.165) is 12.8 Å². The van der Waals surface area contributed by atoms with E-state index in [1.807, 2.05) is 6.92 Å². The molecule has 1 aromatic rings. The summed E-state index contributed by atoms with van der Waals surface area (Å²) in [6, 6.07) is 13.5. The number of nitrogens with one attached hydrogen (secondary N) is 1. The first-order chi connectivity index (χ1) is 16.4. The first kappa shape index (κ1) is 25.5. The molecule has 2 heterocycles.